The van der Waals surface area contributed by atoms with Crippen LogP contribution in [0.4, 0.5) is 4.39 Å². The van der Waals surface area contributed by atoms with Gasteiger partial charge in [0.25, 0.3) is 0 Å². The number of imidazole rings is 1. The van der Waals surface area contributed by atoms with E-state index < -0.39 is 5.82 Å². The summed E-state index contributed by atoms with van der Waals surface area (Å²) in [5, 5.41) is 5.25. The van der Waals surface area contributed by atoms with Gasteiger partial charge in [0.2, 0.25) is 11.8 Å². The molecule has 2 N–H and O–H groups in total. The minimum Gasteiger partial charge on any atom is -0.350 e. The molecule has 0 spiro atoms. The molecule has 0 aliphatic carbocycles. The second-order valence-electron chi connectivity index (χ2n) is 6.35. The van der Waals surface area contributed by atoms with Gasteiger partial charge in [-0.05, 0) is 30.2 Å². The molecular weight excluding hydrogens is 359 g/mol. The molecule has 0 radical (unpaired) electrons. The van der Waals surface area contributed by atoms with Gasteiger partial charge in [0.15, 0.2) is 0 Å². The number of carbonyl (C=O) groups is 2. The number of aryl methyl sites for hydroxylation is 1. The standard InChI is InChI=1S/C21H21FN4O2/c1-15-23-9-10-26(15)19-8-7-17(11-18(19)22)13-24-21(28)14-25-20(27)12-16-5-3-2-4-6-16/h2-11H,12-14H2,1H3,(H,24,28)(H,25,27). The van der Waals surface area contributed by atoms with Gasteiger partial charge in [0.1, 0.15) is 11.6 Å². The minimum absolute atomic E-state index is 0.125. The van der Waals surface area contributed by atoms with E-state index in [-0.39, 0.29) is 31.3 Å². The first-order chi connectivity index (χ1) is 13.5. The van der Waals surface area contributed by atoms with Crippen molar-refractivity contribution in [3.05, 3.63) is 83.7 Å². The molecule has 0 saturated heterocycles. The van der Waals surface area contributed by atoms with E-state index in [4.69, 9.17) is 0 Å². The molecule has 6 nitrogen and oxygen atoms in total. The van der Waals surface area contributed by atoms with Crippen molar-refractivity contribution in [2.75, 3.05) is 6.54 Å². The summed E-state index contributed by atoms with van der Waals surface area (Å²) in [5.41, 5.74) is 1.91. The van der Waals surface area contributed by atoms with Crippen LogP contribution in [-0.2, 0) is 22.6 Å². The molecule has 144 valence electrons. The van der Waals surface area contributed by atoms with E-state index in [0.29, 0.717) is 17.1 Å². The number of nitrogens with zero attached hydrogens (tertiary/aromatic N) is 2. The molecular formula is C21H21FN4O2. The van der Waals surface area contributed by atoms with Crippen LogP contribution in [0.3, 0.4) is 0 Å². The highest BCUT2D eigenvalue weighted by atomic mass is 19.1. The number of nitrogens with one attached hydrogen (secondary N) is 2. The number of aromatic nitrogens is 2. The van der Waals surface area contributed by atoms with Crippen molar-refractivity contribution in [1.29, 1.82) is 0 Å². The molecule has 0 aliphatic rings. The van der Waals surface area contributed by atoms with Crippen molar-refractivity contribution >= 4 is 11.8 Å². The number of benzene rings is 2. The lowest BCUT2D eigenvalue weighted by Crippen LogP contribution is -2.37. The normalized spacial score (nSPS) is 10.5. The van der Waals surface area contributed by atoms with Crippen LogP contribution in [0.5, 0.6) is 0 Å². The summed E-state index contributed by atoms with van der Waals surface area (Å²) in [4.78, 5) is 27.9. The summed E-state index contributed by atoms with van der Waals surface area (Å²) in [6.45, 7) is 1.84. The van der Waals surface area contributed by atoms with Gasteiger partial charge in [0, 0.05) is 18.9 Å². The molecule has 7 heteroatoms. The third kappa shape index (κ3) is 5.03. The van der Waals surface area contributed by atoms with Gasteiger partial charge in [-0.3, -0.25) is 9.59 Å². The van der Waals surface area contributed by atoms with Gasteiger partial charge < -0.3 is 15.2 Å². The molecule has 0 aliphatic heterocycles. The van der Waals surface area contributed by atoms with Crippen LogP contribution in [-0.4, -0.2) is 27.9 Å². The van der Waals surface area contributed by atoms with Crippen molar-refractivity contribution in [2.24, 2.45) is 0 Å². The van der Waals surface area contributed by atoms with E-state index >= 15 is 0 Å². The fourth-order valence-electron chi connectivity index (χ4n) is 2.77. The molecule has 0 fully saturated rings. The smallest absolute Gasteiger partial charge is 0.239 e. The van der Waals surface area contributed by atoms with Crippen LogP contribution in [0.25, 0.3) is 5.69 Å². The Balaban J connectivity index is 1.47. The monoisotopic (exact) mass is 380 g/mol. The van der Waals surface area contributed by atoms with Crippen molar-refractivity contribution in [3.8, 4) is 5.69 Å². The number of carbonyl (C=O) groups excluding carboxylic acids is 2. The van der Waals surface area contributed by atoms with E-state index in [1.54, 1.807) is 36.0 Å². The van der Waals surface area contributed by atoms with Crippen LogP contribution >= 0.6 is 0 Å². The summed E-state index contributed by atoms with van der Waals surface area (Å²) in [5.74, 6) is -0.279. The summed E-state index contributed by atoms with van der Waals surface area (Å²) < 4.78 is 16.0. The second-order valence-corrected chi connectivity index (χ2v) is 6.35. The van der Waals surface area contributed by atoms with Gasteiger partial charge >= 0.3 is 0 Å². The highest BCUT2D eigenvalue weighted by Crippen LogP contribution is 2.16. The second kappa shape index (κ2) is 8.94. The van der Waals surface area contributed by atoms with E-state index in [1.807, 2.05) is 30.3 Å². The number of rotatable bonds is 7. The Bertz CT molecular complexity index is 970. The number of amides is 2. The summed E-state index contributed by atoms with van der Waals surface area (Å²) in [7, 11) is 0. The first-order valence-electron chi connectivity index (χ1n) is 8.89. The van der Waals surface area contributed by atoms with Gasteiger partial charge in [-0.2, -0.15) is 0 Å². The Morgan fingerprint density at radius 3 is 2.50 bits per heavy atom. The van der Waals surface area contributed by atoms with Crippen LogP contribution in [0.1, 0.15) is 17.0 Å². The SMILES string of the molecule is Cc1nccn1-c1ccc(CNC(=O)CNC(=O)Cc2ccccc2)cc1F. The molecule has 3 aromatic rings. The summed E-state index contributed by atoms with van der Waals surface area (Å²) in [6, 6.07) is 14.1. The molecule has 3 rings (SSSR count). The predicted octanol–water partition coefficient (Wildman–Crippen LogP) is 2.29. The van der Waals surface area contributed by atoms with E-state index in [0.717, 1.165) is 5.56 Å². The van der Waals surface area contributed by atoms with E-state index in [2.05, 4.69) is 15.6 Å². The fourth-order valence-corrected chi connectivity index (χ4v) is 2.77. The zero-order valence-electron chi connectivity index (χ0n) is 15.5. The third-order valence-corrected chi connectivity index (χ3v) is 4.24. The first-order valence-corrected chi connectivity index (χ1v) is 8.89. The maximum Gasteiger partial charge on any atom is 0.239 e. The Hall–Kier alpha value is -3.48. The average molecular weight is 380 g/mol. The zero-order valence-corrected chi connectivity index (χ0v) is 15.5. The summed E-state index contributed by atoms with van der Waals surface area (Å²) in [6.07, 6.45) is 3.51. The van der Waals surface area contributed by atoms with Gasteiger partial charge in [-0.15, -0.1) is 0 Å². The molecule has 1 heterocycles. The van der Waals surface area contributed by atoms with Crippen LogP contribution in [0.2, 0.25) is 0 Å². The predicted molar refractivity (Wildman–Crippen MR) is 103 cm³/mol. The quantitative estimate of drug-likeness (QED) is 0.660. The Morgan fingerprint density at radius 1 is 1.04 bits per heavy atom. The van der Waals surface area contributed by atoms with Gasteiger partial charge in [-0.25, -0.2) is 9.37 Å². The van der Waals surface area contributed by atoms with Crippen molar-refractivity contribution in [1.82, 2.24) is 20.2 Å². The minimum atomic E-state index is -0.399. The fraction of sp³-hybridized carbons (Fsp3) is 0.190. The molecule has 0 saturated carbocycles. The topological polar surface area (TPSA) is 76.0 Å². The lowest BCUT2D eigenvalue weighted by molar-refractivity contribution is -0.125. The zero-order chi connectivity index (χ0) is 19.9. The van der Waals surface area contributed by atoms with E-state index in [1.165, 1.54) is 6.07 Å². The number of hydrogen-bond donors (Lipinski definition) is 2. The van der Waals surface area contributed by atoms with Crippen molar-refractivity contribution < 1.29 is 14.0 Å². The molecule has 0 bridgehead atoms. The highest BCUT2D eigenvalue weighted by Gasteiger charge is 2.10. The molecule has 1 aromatic heterocycles. The lowest BCUT2D eigenvalue weighted by Gasteiger charge is -2.10. The third-order valence-electron chi connectivity index (χ3n) is 4.24. The molecule has 2 aromatic carbocycles. The Labute approximate surface area is 162 Å². The maximum absolute atomic E-state index is 14.4. The largest absolute Gasteiger partial charge is 0.350 e. The molecule has 0 unspecified atom stereocenters. The van der Waals surface area contributed by atoms with Crippen LogP contribution in [0.15, 0.2) is 60.9 Å². The average Bonchev–Trinajstić information content (AvgIpc) is 3.11. The van der Waals surface area contributed by atoms with Gasteiger partial charge in [-0.1, -0.05) is 36.4 Å². The van der Waals surface area contributed by atoms with E-state index in [9.17, 15) is 14.0 Å². The molecule has 2 amide bonds. The van der Waals surface area contributed by atoms with Crippen molar-refractivity contribution in [2.45, 2.75) is 19.9 Å². The first kappa shape index (κ1) is 19.3. The van der Waals surface area contributed by atoms with Crippen LogP contribution < -0.4 is 10.6 Å². The van der Waals surface area contributed by atoms with Gasteiger partial charge in [0.05, 0.1) is 18.7 Å². The molecule has 0 atom stereocenters. The number of halogens is 1. The Kier molecular flexibility index (Phi) is 6.16. The maximum atomic E-state index is 14.4. The van der Waals surface area contributed by atoms with Crippen molar-refractivity contribution in [3.63, 3.8) is 0 Å². The Morgan fingerprint density at radius 2 is 1.82 bits per heavy atom. The molecule has 28 heavy (non-hydrogen) atoms. The lowest BCUT2D eigenvalue weighted by atomic mass is 10.1. The number of hydrogen-bond acceptors (Lipinski definition) is 3. The highest BCUT2D eigenvalue weighted by molar-refractivity contribution is 5.85. The summed E-state index contributed by atoms with van der Waals surface area (Å²) >= 11 is 0. The van der Waals surface area contributed by atoms with Crippen LogP contribution in [0, 0.1) is 12.7 Å².